The minimum absolute atomic E-state index is 0.157. The van der Waals surface area contributed by atoms with E-state index < -0.39 is 5.76 Å². The Hall–Kier alpha value is -1.06. The van der Waals surface area contributed by atoms with Gasteiger partial charge in [-0.2, -0.15) is 4.68 Å². The SMILES string of the molecule is [CH2]c1nn(C(C)(C)C)c(=O)o1. The Morgan fingerprint density at radius 3 is 2.27 bits per heavy atom. The van der Waals surface area contributed by atoms with E-state index in [1.165, 1.54) is 4.68 Å². The van der Waals surface area contributed by atoms with Crippen molar-refractivity contribution in [2.75, 3.05) is 0 Å². The molecule has 11 heavy (non-hydrogen) atoms. The second-order valence-corrected chi connectivity index (χ2v) is 3.34. The summed E-state index contributed by atoms with van der Waals surface area (Å²) in [5.41, 5.74) is -0.337. The average Bonchev–Trinajstić information content (AvgIpc) is 2.08. The summed E-state index contributed by atoms with van der Waals surface area (Å²) in [5, 5.41) is 3.81. The summed E-state index contributed by atoms with van der Waals surface area (Å²) in [6, 6.07) is 0. The molecule has 0 fully saturated rings. The third-order valence-corrected chi connectivity index (χ3v) is 1.23. The molecule has 0 aromatic carbocycles. The molecular weight excluding hydrogens is 144 g/mol. The zero-order valence-electron chi connectivity index (χ0n) is 6.92. The molecule has 61 valence electrons. The molecule has 0 aliphatic rings. The Bertz CT molecular complexity index is 303. The predicted octanol–water partition coefficient (Wildman–Crippen LogP) is 0.773. The van der Waals surface area contributed by atoms with Crippen LogP contribution in [0.4, 0.5) is 0 Å². The van der Waals surface area contributed by atoms with E-state index in [9.17, 15) is 4.79 Å². The minimum atomic E-state index is -0.456. The van der Waals surface area contributed by atoms with Gasteiger partial charge in [0.25, 0.3) is 0 Å². The van der Waals surface area contributed by atoms with Gasteiger partial charge in [-0.1, -0.05) is 0 Å². The van der Waals surface area contributed by atoms with Crippen molar-refractivity contribution in [3.63, 3.8) is 0 Å². The summed E-state index contributed by atoms with van der Waals surface area (Å²) < 4.78 is 5.90. The molecule has 0 bridgehead atoms. The number of nitrogens with zero attached hydrogens (tertiary/aromatic N) is 2. The van der Waals surface area contributed by atoms with Crippen LogP contribution in [0.5, 0.6) is 0 Å². The van der Waals surface area contributed by atoms with Crippen molar-refractivity contribution < 1.29 is 4.42 Å². The Labute approximate surface area is 64.8 Å². The fourth-order valence-electron chi connectivity index (χ4n) is 0.741. The van der Waals surface area contributed by atoms with Crippen molar-refractivity contribution in [3.8, 4) is 0 Å². The Balaban J connectivity index is 3.25. The molecule has 0 saturated heterocycles. The van der Waals surface area contributed by atoms with Gasteiger partial charge in [-0.3, -0.25) is 0 Å². The van der Waals surface area contributed by atoms with Crippen molar-refractivity contribution in [2.24, 2.45) is 0 Å². The molecule has 1 aromatic rings. The summed E-state index contributed by atoms with van der Waals surface area (Å²) in [5.74, 6) is -0.299. The van der Waals surface area contributed by atoms with Crippen molar-refractivity contribution in [3.05, 3.63) is 23.4 Å². The highest BCUT2D eigenvalue weighted by atomic mass is 16.4. The lowest BCUT2D eigenvalue weighted by Crippen LogP contribution is -2.32. The topological polar surface area (TPSA) is 48.0 Å². The van der Waals surface area contributed by atoms with E-state index in [0.717, 1.165) is 0 Å². The van der Waals surface area contributed by atoms with E-state index in [0.29, 0.717) is 0 Å². The van der Waals surface area contributed by atoms with Crippen molar-refractivity contribution in [1.29, 1.82) is 0 Å². The van der Waals surface area contributed by atoms with Gasteiger partial charge >= 0.3 is 5.76 Å². The van der Waals surface area contributed by atoms with E-state index in [1.54, 1.807) is 0 Å². The largest absolute Gasteiger partial charge is 0.437 e. The van der Waals surface area contributed by atoms with Crippen LogP contribution in [0.15, 0.2) is 9.21 Å². The molecule has 1 aromatic heterocycles. The highest BCUT2D eigenvalue weighted by Crippen LogP contribution is 2.08. The van der Waals surface area contributed by atoms with Gasteiger partial charge in [-0.05, 0) is 20.8 Å². The van der Waals surface area contributed by atoms with Crippen molar-refractivity contribution >= 4 is 0 Å². The first-order valence-electron chi connectivity index (χ1n) is 3.34. The number of aromatic nitrogens is 2. The van der Waals surface area contributed by atoms with Gasteiger partial charge < -0.3 is 4.42 Å². The lowest BCUT2D eigenvalue weighted by Gasteiger charge is -2.15. The van der Waals surface area contributed by atoms with Crippen LogP contribution in [0.25, 0.3) is 0 Å². The maximum Gasteiger partial charge on any atom is 0.437 e. The van der Waals surface area contributed by atoms with Gasteiger partial charge in [0.15, 0.2) is 0 Å². The second-order valence-electron chi connectivity index (χ2n) is 3.34. The summed E-state index contributed by atoms with van der Waals surface area (Å²) >= 11 is 0. The molecular formula is C7H11N2O2. The molecule has 1 rings (SSSR count). The van der Waals surface area contributed by atoms with Gasteiger partial charge in [0, 0.05) is 6.92 Å². The zero-order chi connectivity index (χ0) is 8.65. The third kappa shape index (κ3) is 1.50. The summed E-state index contributed by atoms with van der Waals surface area (Å²) in [7, 11) is 0. The van der Waals surface area contributed by atoms with E-state index in [2.05, 4.69) is 16.4 Å². The first-order valence-corrected chi connectivity index (χ1v) is 3.34. The summed E-state index contributed by atoms with van der Waals surface area (Å²) in [6.07, 6.45) is 0. The van der Waals surface area contributed by atoms with Crippen LogP contribution in [0.1, 0.15) is 26.7 Å². The molecule has 4 heteroatoms. The molecule has 0 spiro atoms. The molecule has 0 saturated carbocycles. The number of hydrogen-bond donors (Lipinski definition) is 0. The van der Waals surface area contributed by atoms with E-state index in [1.807, 2.05) is 20.8 Å². The van der Waals surface area contributed by atoms with Gasteiger partial charge in [0.2, 0.25) is 5.89 Å². The Kier molecular flexibility index (Phi) is 1.62. The monoisotopic (exact) mass is 155 g/mol. The van der Waals surface area contributed by atoms with Gasteiger partial charge in [0.1, 0.15) is 0 Å². The standard InChI is InChI=1S/C7H11N2O2/c1-5-8-9(6(10)11-5)7(2,3)4/h1H2,2-4H3. The second kappa shape index (κ2) is 2.22. The van der Waals surface area contributed by atoms with E-state index >= 15 is 0 Å². The fourth-order valence-corrected chi connectivity index (χ4v) is 0.741. The zero-order valence-corrected chi connectivity index (χ0v) is 6.92. The predicted molar refractivity (Wildman–Crippen MR) is 40.2 cm³/mol. The number of hydrogen-bond acceptors (Lipinski definition) is 3. The molecule has 0 atom stereocenters. The first kappa shape index (κ1) is 8.04. The summed E-state index contributed by atoms with van der Waals surface area (Å²) in [6.45, 7) is 9.03. The molecule has 1 heterocycles. The summed E-state index contributed by atoms with van der Waals surface area (Å²) in [4.78, 5) is 11.0. The molecule has 0 aliphatic heterocycles. The van der Waals surface area contributed by atoms with Crippen LogP contribution in [0.3, 0.4) is 0 Å². The fraction of sp³-hybridized carbons (Fsp3) is 0.571. The highest BCUT2D eigenvalue weighted by molar-refractivity contribution is 4.81. The van der Waals surface area contributed by atoms with Gasteiger partial charge in [-0.25, -0.2) is 4.79 Å². The van der Waals surface area contributed by atoms with Crippen molar-refractivity contribution in [2.45, 2.75) is 26.3 Å². The van der Waals surface area contributed by atoms with Crippen LogP contribution in [-0.2, 0) is 5.54 Å². The molecule has 0 unspecified atom stereocenters. The smallest absolute Gasteiger partial charge is 0.392 e. The molecule has 1 radical (unpaired) electrons. The maximum atomic E-state index is 11.0. The van der Waals surface area contributed by atoms with Crippen LogP contribution in [0.2, 0.25) is 0 Å². The maximum absolute atomic E-state index is 11.0. The first-order chi connectivity index (χ1) is 4.91. The van der Waals surface area contributed by atoms with E-state index in [-0.39, 0.29) is 11.4 Å². The molecule has 0 amide bonds. The van der Waals surface area contributed by atoms with Crippen LogP contribution < -0.4 is 5.76 Å². The van der Waals surface area contributed by atoms with Crippen LogP contribution in [-0.4, -0.2) is 9.78 Å². The quantitative estimate of drug-likeness (QED) is 0.556. The Morgan fingerprint density at radius 2 is 2.09 bits per heavy atom. The third-order valence-electron chi connectivity index (χ3n) is 1.23. The van der Waals surface area contributed by atoms with Gasteiger partial charge in [0.05, 0.1) is 5.54 Å². The molecule has 0 N–H and O–H groups in total. The van der Waals surface area contributed by atoms with Gasteiger partial charge in [-0.15, -0.1) is 5.10 Å². The molecule has 0 aliphatic carbocycles. The number of rotatable bonds is 0. The molecule has 4 nitrogen and oxygen atoms in total. The lowest BCUT2D eigenvalue weighted by molar-refractivity contribution is 0.325. The van der Waals surface area contributed by atoms with E-state index in [4.69, 9.17) is 0 Å². The highest BCUT2D eigenvalue weighted by Gasteiger charge is 2.18. The lowest BCUT2D eigenvalue weighted by atomic mass is 10.1. The van der Waals surface area contributed by atoms with Crippen molar-refractivity contribution in [1.82, 2.24) is 9.78 Å². The van der Waals surface area contributed by atoms with Crippen LogP contribution >= 0.6 is 0 Å². The minimum Gasteiger partial charge on any atom is -0.392 e. The normalized spacial score (nSPS) is 12.0. The Morgan fingerprint density at radius 1 is 1.55 bits per heavy atom. The van der Waals surface area contributed by atoms with Crippen LogP contribution in [0, 0.1) is 6.92 Å². The average molecular weight is 155 g/mol.